The predicted molar refractivity (Wildman–Crippen MR) is 69.6 cm³/mol. The van der Waals surface area contributed by atoms with E-state index in [-0.39, 0.29) is 11.4 Å². The van der Waals surface area contributed by atoms with Crippen molar-refractivity contribution >= 4 is 0 Å². The van der Waals surface area contributed by atoms with Crippen LogP contribution in [0.5, 0.6) is 5.75 Å². The van der Waals surface area contributed by atoms with E-state index in [1.54, 1.807) is 0 Å². The van der Waals surface area contributed by atoms with Crippen LogP contribution >= 0.6 is 0 Å². The van der Waals surface area contributed by atoms with E-state index < -0.39 is 5.82 Å². The molecular formula is C13H14FN3O2. The molecular weight excluding hydrogens is 249 g/mol. The van der Waals surface area contributed by atoms with E-state index in [1.165, 1.54) is 31.5 Å². The van der Waals surface area contributed by atoms with Gasteiger partial charge in [-0.3, -0.25) is 4.79 Å². The topological polar surface area (TPSA) is 81.0 Å². The van der Waals surface area contributed by atoms with E-state index in [2.05, 4.69) is 9.97 Å². The van der Waals surface area contributed by atoms with Crippen LogP contribution < -0.4 is 16.0 Å². The summed E-state index contributed by atoms with van der Waals surface area (Å²) in [5, 5.41) is 0. The Balaban J connectivity index is 2.50. The number of hydrogen-bond donors (Lipinski definition) is 2. The average molecular weight is 263 g/mol. The molecule has 6 heteroatoms. The highest BCUT2D eigenvalue weighted by atomic mass is 19.1. The molecule has 0 radical (unpaired) electrons. The number of methoxy groups -OCH3 is 1. The third-order valence-electron chi connectivity index (χ3n) is 2.70. The second kappa shape index (κ2) is 5.62. The summed E-state index contributed by atoms with van der Waals surface area (Å²) in [5.74, 6) is 0.280. The Hall–Kier alpha value is -2.21. The highest BCUT2D eigenvalue weighted by Crippen LogP contribution is 2.27. The smallest absolute Gasteiger partial charge is 0.254 e. The van der Waals surface area contributed by atoms with Gasteiger partial charge in [-0.05, 0) is 31.2 Å². The summed E-state index contributed by atoms with van der Waals surface area (Å²) in [6.45, 7) is 0.368. The van der Waals surface area contributed by atoms with Crippen LogP contribution in [-0.4, -0.2) is 23.6 Å². The number of rotatable bonds is 4. The summed E-state index contributed by atoms with van der Waals surface area (Å²) in [4.78, 5) is 18.5. The summed E-state index contributed by atoms with van der Waals surface area (Å²) in [6, 6.07) is 4.03. The SMILES string of the molecule is COc1ccc(F)cc1-c1ncc(CCN)c(=O)[nH]1. The molecule has 1 heterocycles. The molecule has 5 nitrogen and oxygen atoms in total. The highest BCUT2D eigenvalue weighted by Gasteiger charge is 2.10. The first-order valence-corrected chi connectivity index (χ1v) is 5.78. The second-order valence-electron chi connectivity index (χ2n) is 3.97. The lowest BCUT2D eigenvalue weighted by molar-refractivity contribution is 0.415. The van der Waals surface area contributed by atoms with Crippen molar-refractivity contribution in [1.82, 2.24) is 9.97 Å². The van der Waals surface area contributed by atoms with E-state index in [0.717, 1.165) is 0 Å². The fourth-order valence-electron chi connectivity index (χ4n) is 1.76. The Morgan fingerprint density at radius 2 is 2.26 bits per heavy atom. The van der Waals surface area contributed by atoms with Crippen LogP contribution in [0.4, 0.5) is 4.39 Å². The van der Waals surface area contributed by atoms with Gasteiger partial charge in [-0.2, -0.15) is 0 Å². The predicted octanol–water partition coefficient (Wildman–Crippen LogP) is 1.09. The number of aromatic nitrogens is 2. The van der Waals surface area contributed by atoms with Gasteiger partial charge in [-0.1, -0.05) is 0 Å². The van der Waals surface area contributed by atoms with Crippen molar-refractivity contribution < 1.29 is 9.13 Å². The van der Waals surface area contributed by atoms with Gasteiger partial charge in [0, 0.05) is 11.8 Å². The first-order valence-electron chi connectivity index (χ1n) is 5.78. The lowest BCUT2D eigenvalue weighted by Gasteiger charge is -2.08. The molecule has 0 saturated carbocycles. The molecule has 0 unspecified atom stereocenters. The molecule has 0 aliphatic carbocycles. The zero-order chi connectivity index (χ0) is 13.8. The van der Waals surface area contributed by atoms with E-state index in [9.17, 15) is 9.18 Å². The Morgan fingerprint density at radius 3 is 2.89 bits per heavy atom. The van der Waals surface area contributed by atoms with Crippen LogP contribution in [0.3, 0.4) is 0 Å². The largest absolute Gasteiger partial charge is 0.496 e. The normalized spacial score (nSPS) is 10.5. The molecule has 0 saturated heterocycles. The number of H-pyrrole nitrogens is 1. The molecule has 0 atom stereocenters. The molecule has 0 aliphatic heterocycles. The van der Waals surface area contributed by atoms with Gasteiger partial charge >= 0.3 is 0 Å². The van der Waals surface area contributed by atoms with Crippen LogP contribution in [0.15, 0.2) is 29.2 Å². The van der Waals surface area contributed by atoms with Crippen molar-refractivity contribution in [2.75, 3.05) is 13.7 Å². The van der Waals surface area contributed by atoms with Crippen LogP contribution in [-0.2, 0) is 6.42 Å². The molecule has 1 aromatic heterocycles. The highest BCUT2D eigenvalue weighted by molar-refractivity contribution is 5.63. The third-order valence-corrected chi connectivity index (χ3v) is 2.70. The number of halogens is 1. The zero-order valence-corrected chi connectivity index (χ0v) is 10.4. The maximum absolute atomic E-state index is 13.3. The molecule has 100 valence electrons. The molecule has 0 bridgehead atoms. The minimum absolute atomic E-state index is 0.266. The summed E-state index contributed by atoms with van der Waals surface area (Å²) < 4.78 is 18.4. The number of benzene rings is 1. The molecule has 2 aromatic rings. The third kappa shape index (κ3) is 2.79. The van der Waals surface area contributed by atoms with Crippen molar-refractivity contribution in [1.29, 1.82) is 0 Å². The van der Waals surface area contributed by atoms with Gasteiger partial charge in [0.1, 0.15) is 17.4 Å². The molecule has 0 fully saturated rings. The number of hydrogen-bond acceptors (Lipinski definition) is 4. The first-order chi connectivity index (χ1) is 9.15. The van der Waals surface area contributed by atoms with Gasteiger partial charge in [0.2, 0.25) is 0 Å². The van der Waals surface area contributed by atoms with Crippen molar-refractivity contribution in [3.8, 4) is 17.1 Å². The summed E-state index contributed by atoms with van der Waals surface area (Å²) >= 11 is 0. The van der Waals surface area contributed by atoms with Gasteiger partial charge in [-0.25, -0.2) is 9.37 Å². The van der Waals surface area contributed by atoms with Gasteiger partial charge in [0.05, 0.1) is 12.7 Å². The number of nitrogens with zero attached hydrogens (tertiary/aromatic N) is 1. The molecule has 0 aliphatic rings. The van der Waals surface area contributed by atoms with E-state index in [1.807, 2.05) is 0 Å². The quantitative estimate of drug-likeness (QED) is 0.865. The molecule has 1 aromatic carbocycles. The molecule has 0 spiro atoms. The number of aromatic amines is 1. The lowest BCUT2D eigenvalue weighted by atomic mass is 10.1. The summed E-state index contributed by atoms with van der Waals surface area (Å²) in [7, 11) is 1.47. The Bertz CT molecular complexity index is 640. The average Bonchev–Trinajstić information content (AvgIpc) is 2.41. The zero-order valence-electron chi connectivity index (χ0n) is 10.4. The van der Waals surface area contributed by atoms with Gasteiger partial charge in [0.15, 0.2) is 0 Å². The van der Waals surface area contributed by atoms with Crippen molar-refractivity contribution in [2.45, 2.75) is 6.42 Å². The van der Waals surface area contributed by atoms with Gasteiger partial charge < -0.3 is 15.5 Å². The monoisotopic (exact) mass is 263 g/mol. The molecule has 2 rings (SSSR count). The van der Waals surface area contributed by atoms with Crippen LogP contribution in [0.2, 0.25) is 0 Å². The standard InChI is InChI=1S/C13H14FN3O2/c1-19-11-3-2-9(14)6-10(11)12-16-7-8(4-5-15)13(18)17-12/h2-3,6-7H,4-5,15H2,1H3,(H,16,17,18). The van der Waals surface area contributed by atoms with E-state index in [4.69, 9.17) is 10.5 Å². The summed E-state index contributed by atoms with van der Waals surface area (Å²) in [5.41, 5.74) is 6.02. The number of nitrogens with two attached hydrogens (primary N) is 1. The van der Waals surface area contributed by atoms with Crippen molar-refractivity contribution in [2.24, 2.45) is 5.73 Å². The number of ether oxygens (including phenoxy) is 1. The minimum atomic E-state index is -0.426. The molecule has 3 N–H and O–H groups in total. The fraction of sp³-hybridized carbons (Fsp3) is 0.231. The van der Waals surface area contributed by atoms with Gasteiger partial charge in [0.25, 0.3) is 5.56 Å². The minimum Gasteiger partial charge on any atom is -0.496 e. The summed E-state index contributed by atoms with van der Waals surface area (Å²) in [6.07, 6.45) is 1.90. The first kappa shape index (κ1) is 13.2. The molecule has 19 heavy (non-hydrogen) atoms. The maximum Gasteiger partial charge on any atom is 0.254 e. The Morgan fingerprint density at radius 1 is 1.47 bits per heavy atom. The Labute approximate surface area is 109 Å². The van der Waals surface area contributed by atoms with Crippen molar-refractivity contribution in [3.63, 3.8) is 0 Å². The second-order valence-corrected chi connectivity index (χ2v) is 3.97. The van der Waals surface area contributed by atoms with E-state index in [0.29, 0.717) is 29.8 Å². The fourth-order valence-corrected chi connectivity index (χ4v) is 1.76. The van der Waals surface area contributed by atoms with Gasteiger partial charge in [-0.15, -0.1) is 0 Å². The Kier molecular flexibility index (Phi) is 3.91. The number of nitrogens with one attached hydrogen (secondary N) is 1. The van der Waals surface area contributed by atoms with E-state index >= 15 is 0 Å². The maximum atomic E-state index is 13.3. The van der Waals surface area contributed by atoms with Crippen LogP contribution in [0.1, 0.15) is 5.56 Å². The lowest BCUT2D eigenvalue weighted by Crippen LogP contribution is -2.18. The van der Waals surface area contributed by atoms with Crippen molar-refractivity contribution in [3.05, 3.63) is 46.1 Å². The van der Waals surface area contributed by atoms with Crippen LogP contribution in [0.25, 0.3) is 11.4 Å². The molecule has 0 amide bonds. The van der Waals surface area contributed by atoms with Crippen LogP contribution in [0, 0.1) is 5.82 Å².